The van der Waals surface area contributed by atoms with Gasteiger partial charge in [-0.15, -0.1) is 0 Å². The molecule has 0 radical (unpaired) electrons. The van der Waals surface area contributed by atoms with Crippen LogP contribution in [-0.4, -0.2) is 28.8 Å². The quantitative estimate of drug-likeness (QED) is 0.529. The molecule has 0 spiro atoms. The monoisotopic (exact) mass is 378 g/mol. The van der Waals surface area contributed by atoms with Crippen LogP contribution in [0.25, 0.3) is 11.3 Å². The summed E-state index contributed by atoms with van der Waals surface area (Å²) in [6.45, 7) is 0. The number of ketones is 1. The zero-order valence-electron chi connectivity index (χ0n) is 14.8. The molecule has 142 valence electrons. The Labute approximate surface area is 160 Å². The minimum atomic E-state index is -1.15. The van der Waals surface area contributed by atoms with Crippen molar-refractivity contribution >= 4 is 23.5 Å². The van der Waals surface area contributed by atoms with E-state index in [1.54, 1.807) is 48.5 Å². The van der Waals surface area contributed by atoms with Gasteiger partial charge >= 0.3 is 0 Å². The molecular weight excluding hydrogens is 360 g/mol. The number of rotatable bonds is 7. The number of hydrogen-bond acceptors (Lipinski definition) is 6. The molecule has 5 N–H and O–H groups in total. The van der Waals surface area contributed by atoms with E-state index in [0.717, 1.165) is 5.56 Å². The van der Waals surface area contributed by atoms with Gasteiger partial charge in [-0.3, -0.25) is 14.4 Å². The number of nitrogens with one attached hydrogen (secondary N) is 1. The number of carbonyl (C=O) groups is 3. The topological polar surface area (TPSA) is 141 Å². The van der Waals surface area contributed by atoms with Crippen molar-refractivity contribution in [3.63, 3.8) is 0 Å². The number of amides is 2. The van der Waals surface area contributed by atoms with Gasteiger partial charge in [0.05, 0.1) is 0 Å². The lowest BCUT2D eigenvalue weighted by molar-refractivity contribution is -0.137. The average molecular weight is 378 g/mol. The lowest BCUT2D eigenvalue weighted by Gasteiger charge is -2.16. The Kier molecular flexibility index (Phi) is 5.50. The molecule has 8 nitrogen and oxygen atoms in total. The number of carbonyl (C=O) groups excluding carboxylic acids is 3. The number of primary amides is 1. The number of Topliss-reactive ketones (excluding diaryl/α,β-unsaturated/α-hetero) is 1. The van der Waals surface area contributed by atoms with Gasteiger partial charge in [-0.2, -0.15) is 0 Å². The van der Waals surface area contributed by atoms with E-state index in [0.29, 0.717) is 5.56 Å². The average Bonchev–Trinajstić information content (AvgIpc) is 3.10. The van der Waals surface area contributed by atoms with E-state index >= 15 is 0 Å². The number of aromatic nitrogens is 1. The third kappa shape index (κ3) is 4.07. The van der Waals surface area contributed by atoms with Crippen molar-refractivity contribution < 1.29 is 18.9 Å². The molecule has 3 aromatic rings. The third-order valence-corrected chi connectivity index (χ3v) is 4.14. The summed E-state index contributed by atoms with van der Waals surface area (Å²) >= 11 is 0. The predicted molar refractivity (Wildman–Crippen MR) is 102 cm³/mol. The molecular formula is C20H18N4O4. The molecule has 0 aliphatic rings. The van der Waals surface area contributed by atoms with Crippen molar-refractivity contribution in [3.05, 3.63) is 71.8 Å². The van der Waals surface area contributed by atoms with Crippen molar-refractivity contribution in [2.75, 3.05) is 5.73 Å². The summed E-state index contributed by atoms with van der Waals surface area (Å²) < 4.78 is 4.97. The highest BCUT2D eigenvalue weighted by Gasteiger charge is 2.29. The Morgan fingerprint density at radius 3 is 2.21 bits per heavy atom. The molecule has 28 heavy (non-hydrogen) atoms. The molecule has 0 saturated heterocycles. The molecule has 0 aliphatic carbocycles. The Hall–Kier alpha value is -3.94. The lowest BCUT2D eigenvalue weighted by Crippen LogP contribution is -2.47. The maximum atomic E-state index is 12.9. The second kappa shape index (κ2) is 8.17. The van der Waals surface area contributed by atoms with Crippen LogP contribution in [0.1, 0.15) is 15.9 Å². The molecule has 8 heteroatoms. The molecule has 2 aromatic carbocycles. The van der Waals surface area contributed by atoms with Gasteiger partial charge < -0.3 is 21.3 Å². The van der Waals surface area contributed by atoms with Crippen molar-refractivity contribution in [3.8, 4) is 11.3 Å². The van der Waals surface area contributed by atoms with Crippen LogP contribution in [-0.2, 0) is 16.0 Å². The maximum absolute atomic E-state index is 12.9. The standard InChI is InChI=1S/C20H18N4O4/c21-18(26)17(25)14(11-12-7-3-1-4-8-12)23-20(27)15-16(24-28-19(15)22)13-9-5-2-6-10-13/h1-10,14H,11,22H2,(H2,21,26)(H,23,27). The molecule has 1 heterocycles. The Bertz CT molecular complexity index is 1000. The van der Waals surface area contributed by atoms with Gasteiger partial charge in [0.15, 0.2) is 0 Å². The largest absolute Gasteiger partial charge is 0.367 e. The summed E-state index contributed by atoms with van der Waals surface area (Å²) in [4.78, 5) is 36.5. The minimum absolute atomic E-state index is 0.0125. The van der Waals surface area contributed by atoms with Gasteiger partial charge in [-0.25, -0.2) is 0 Å². The fraction of sp³-hybridized carbons (Fsp3) is 0.100. The Morgan fingerprint density at radius 2 is 1.61 bits per heavy atom. The van der Waals surface area contributed by atoms with E-state index in [1.807, 2.05) is 12.1 Å². The number of hydrogen-bond donors (Lipinski definition) is 3. The fourth-order valence-electron chi connectivity index (χ4n) is 2.78. The molecule has 0 fully saturated rings. The van der Waals surface area contributed by atoms with Crippen LogP contribution in [0, 0.1) is 0 Å². The van der Waals surface area contributed by atoms with Gasteiger partial charge in [0.25, 0.3) is 11.8 Å². The van der Waals surface area contributed by atoms with Gasteiger partial charge in [0, 0.05) is 12.0 Å². The predicted octanol–water partition coefficient (Wildman–Crippen LogP) is 1.32. The Balaban J connectivity index is 1.89. The summed E-state index contributed by atoms with van der Waals surface area (Å²) in [6, 6.07) is 16.6. The normalized spacial score (nSPS) is 11.6. The van der Waals surface area contributed by atoms with E-state index in [-0.39, 0.29) is 23.6 Å². The molecule has 1 atom stereocenters. The minimum Gasteiger partial charge on any atom is -0.367 e. The number of nitrogen functional groups attached to an aromatic ring is 1. The van der Waals surface area contributed by atoms with Crippen molar-refractivity contribution in [1.29, 1.82) is 0 Å². The first-order valence-electron chi connectivity index (χ1n) is 8.46. The smallest absolute Gasteiger partial charge is 0.287 e. The van der Waals surface area contributed by atoms with E-state index in [9.17, 15) is 14.4 Å². The highest BCUT2D eigenvalue weighted by Crippen LogP contribution is 2.27. The SMILES string of the molecule is NC(=O)C(=O)C(Cc1ccccc1)NC(=O)c1c(-c2ccccc2)noc1N. The first-order valence-corrected chi connectivity index (χ1v) is 8.46. The first kappa shape index (κ1) is 18.8. The molecule has 0 aliphatic heterocycles. The van der Waals surface area contributed by atoms with E-state index in [2.05, 4.69) is 10.5 Å². The molecule has 1 unspecified atom stereocenters. The van der Waals surface area contributed by atoms with Crippen LogP contribution in [0.3, 0.4) is 0 Å². The number of nitrogens with zero attached hydrogens (tertiary/aromatic N) is 1. The van der Waals surface area contributed by atoms with Gasteiger partial charge in [-0.1, -0.05) is 65.8 Å². The summed E-state index contributed by atoms with van der Waals surface area (Å²) in [7, 11) is 0. The highest BCUT2D eigenvalue weighted by atomic mass is 16.5. The van der Waals surface area contributed by atoms with Crippen LogP contribution >= 0.6 is 0 Å². The second-order valence-corrected chi connectivity index (χ2v) is 6.08. The molecule has 1 aromatic heterocycles. The van der Waals surface area contributed by atoms with Crippen molar-refractivity contribution in [2.45, 2.75) is 12.5 Å². The summed E-state index contributed by atoms with van der Waals surface area (Å²) in [5.74, 6) is -2.93. The van der Waals surface area contributed by atoms with Crippen molar-refractivity contribution in [2.24, 2.45) is 5.73 Å². The van der Waals surface area contributed by atoms with E-state index in [1.165, 1.54) is 0 Å². The van der Waals surface area contributed by atoms with Crippen LogP contribution in [0.2, 0.25) is 0 Å². The van der Waals surface area contributed by atoms with Gasteiger partial charge in [0.1, 0.15) is 17.3 Å². The summed E-state index contributed by atoms with van der Waals surface area (Å²) in [6.07, 6.45) is 0.0974. The molecule has 2 amide bonds. The highest BCUT2D eigenvalue weighted by molar-refractivity contribution is 6.38. The first-order chi connectivity index (χ1) is 13.5. The van der Waals surface area contributed by atoms with Gasteiger partial charge in [0.2, 0.25) is 11.7 Å². The Morgan fingerprint density at radius 1 is 1.00 bits per heavy atom. The number of benzene rings is 2. The number of anilines is 1. The van der Waals surface area contributed by atoms with Crippen LogP contribution < -0.4 is 16.8 Å². The van der Waals surface area contributed by atoms with Crippen molar-refractivity contribution in [1.82, 2.24) is 10.5 Å². The second-order valence-electron chi connectivity index (χ2n) is 6.08. The van der Waals surface area contributed by atoms with E-state index < -0.39 is 23.6 Å². The zero-order chi connectivity index (χ0) is 20.1. The van der Waals surface area contributed by atoms with Crippen LogP contribution in [0.5, 0.6) is 0 Å². The van der Waals surface area contributed by atoms with Crippen LogP contribution in [0.15, 0.2) is 65.2 Å². The lowest BCUT2D eigenvalue weighted by atomic mass is 10.0. The number of nitrogens with two attached hydrogens (primary N) is 2. The summed E-state index contributed by atoms with van der Waals surface area (Å²) in [5.41, 5.74) is 12.5. The molecule has 3 rings (SSSR count). The van der Waals surface area contributed by atoms with Crippen LogP contribution in [0.4, 0.5) is 5.88 Å². The van der Waals surface area contributed by atoms with Gasteiger partial charge in [-0.05, 0) is 5.56 Å². The van der Waals surface area contributed by atoms with E-state index in [4.69, 9.17) is 16.0 Å². The fourth-order valence-corrected chi connectivity index (χ4v) is 2.78. The zero-order valence-corrected chi connectivity index (χ0v) is 14.8. The molecule has 0 bridgehead atoms. The third-order valence-electron chi connectivity index (χ3n) is 4.14. The molecule has 0 saturated carbocycles. The summed E-state index contributed by atoms with van der Waals surface area (Å²) in [5, 5.41) is 6.37. The maximum Gasteiger partial charge on any atom is 0.287 e.